The molecular formula is C15H31NO4. The van der Waals surface area contributed by atoms with E-state index in [4.69, 9.17) is 14.2 Å². The molecule has 0 amide bonds. The zero-order chi connectivity index (χ0) is 15.1. The van der Waals surface area contributed by atoms with Crippen LogP contribution >= 0.6 is 0 Å². The standard InChI is InChI=1S/C15H31NO4/c1-4-5-6-7-8-15(17)20-14-13-19-12-11-18-10-9-16(2)3/h4-14H2,1-3H3. The highest BCUT2D eigenvalue weighted by Crippen LogP contribution is 2.03. The summed E-state index contributed by atoms with van der Waals surface area (Å²) >= 11 is 0. The first-order valence-electron chi connectivity index (χ1n) is 7.62. The number of carbonyl (C=O) groups is 1. The number of hydrogen-bond acceptors (Lipinski definition) is 5. The van der Waals surface area contributed by atoms with Crippen molar-refractivity contribution in [3.8, 4) is 0 Å². The van der Waals surface area contributed by atoms with Gasteiger partial charge in [0, 0.05) is 13.0 Å². The Morgan fingerprint density at radius 1 is 0.900 bits per heavy atom. The molecule has 0 aliphatic carbocycles. The van der Waals surface area contributed by atoms with Crippen molar-refractivity contribution in [3.63, 3.8) is 0 Å². The summed E-state index contributed by atoms with van der Waals surface area (Å²) in [5.41, 5.74) is 0. The van der Waals surface area contributed by atoms with Gasteiger partial charge in [-0.1, -0.05) is 26.2 Å². The molecule has 20 heavy (non-hydrogen) atoms. The normalized spacial score (nSPS) is 11.0. The molecule has 0 aromatic carbocycles. The summed E-state index contributed by atoms with van der Waals surface area (Å²) in [6.07, 6.45) is 4.91. The van der Waals surface area contributed by atoms with Gasteiger partial charge in [-0.25, -0.2) is 0 Å². The molecule has 120 valence electrons. The van der Waals surface area contributed by atoms with Crippen LogP contribution in [0.3, 0.4) is 0 Å². The van der Waals surface area contributed by atoms with Crippen LogP contribution < -0.4 is 0 Å². The predicted octanol–water partition coefficient (Wildman–Crippen LogP) is 2.09. The molecule has 0 aliphatic rings. The Bertz CT molecular complexity index is 222. The highest BCUT2D eigenvalue weighted by molar-refractivity contribution is 5.69. The average Bonchev–Trinajstić information content (AvgIpc) is 2.41. The molecular weight excluding hydrogens is 258 g/mol. The lowest BCUT2D eigenvalue weighted by Crippen LogP contribution is -2.19. The van der Waals surface area contributed by atoms with E-state index in [1.165, 1.54) is 12.8 Å². The average molecular weight is 289 g/mol. The maximum Gasteiger partial charge on any atom is 0.305 e. The van der Waals surface area contributed by atoms with Gasteiger partial charge in [0.05, 0.1) is 26.4 Å². The minimum absolute atomic E-state index is 0.119. The van der Waals surface area contributed by atoms with E-state index in [1.54, 1.807) is 0 Å². The van der Waals surface area contributed by atoms with Crippen molar-refractivity contribution < 1.29 is 19.0 Å². The molecule has 0 spiro atoms. The lowest BCUT2D eigenvalue weighted by Gasteiger charge is -2.10. The maximum absolute atomic E-state index is 11.3. The zero-order valence-electron chi connectivity index (χ0n) is 13.4. The van der Waals surface area contributed by atoms with Crippen LogP contribution in [0.1, 0.15) is 39.0 Å². The van der Waals surface area contributed by atoms with Crippen LogP contribution in [0.2, 0.25) is 0 Å². The van der Waals surface area contributed by atoms with E-state index in [9.17, 15) is 4.79 Å². The Morgan fingerprint density at radius 3 is 2.20 bits per heavy atom. The van der Waals surface area contributed by atoms with Crippen LogP contribution in [0.5, 0.6) is 0 Å². The van der Waals surface area contributed by atoms with E-state index in [-0.39, 0.29) is 5.97 Å². The Kier molecular flexibility index (Phi) is 14.3. The van der Waals surface area contributed by atoms with E-state index in [1.807, 2.05) is 14.1 Å². The molecule has 0 rings (SSSR count). The predicted molar refractivity (Wildman–Crippen MR) is 79.9 cm³/mol. The number of ether oxygens (including phenoxy) is 3. The second kappa shape index (κ2) is 14.8. The number of rotatable bonds is 14. The Hall–Kier alpha value is -0.650. The molecule has 5 nitrogen and oxygen atoms in total. The van der Waals surface area contributed by atoms with Gasteiger partial charge in [-0.3, -0.25) is 4.79 Å². The van der Waals surface area contributed by atoms with E-state index in [2.05, 4.69) is 11.8 Å². The van der Waals surface area contributed by atoms with Gasteiger partial charge in [-0.2, -0.15) is 0 Å². The third kappa shape index (κ3) is 15.4. The summed E-state index contributed by atoms with van der Waals surface area (Å²) < 4.78 is 15.8. The summed E-state index contributed by atoms with van der Waals surface area (Å²) in [6.45, 7) is 5.68. The zero-order valence-corrected chi connectivity index (χ0v) is 13.4. The van der Waals surface area contributed by atoms with Gasteiger partial charge in [0.25, 0.3) is 0 Å². The lowest BCUT2D eigenvalue weighted by atomic mass is 10.2. The molecule has 0 saturated carbocycles. The molecule has 0 N–H and O–H groups in total. The second-order valence-corrected chi connectivity index (χ2v) is 5.06. The number of unbranched alkanes of at least 4 members (excludes halogenated alkanes) is 3. The molecule has 0 heterocycles. The van der Waals surface area contributed by atoms with Gasteiger partial charge in [0.1, 0.15) is 6.61 Å². The van der Waals surface area contributed by atoms with Gasteiger partial charge in [0.15, 0.2) is 0 Å². The summed E-state index contributed by atoms with van der Waals surface area (Å²) in [5, 5.41) is 0. The third-order valence-corrected chi connectivity index (χ3v) is 2.78. The number of esters is 1. The largest absolute Gasteiger partial charge is 0.463 e. The number of likely N-dealkylation sites (N-methyl/N-ethyl adjacent to an activating group) is 1. The van der Waals surface area contributed by atoms with E-state index >= 15 is 0 Å². The molecule has 5 heteroatoms. The molecule has 0 unspecified atom stereocenters. The Balaban J connectivity index is 3.13. The number of nitrogens with zero attached hydrogens (tertiary/aromatic N) is 1. The van der Waals surface area contributed by atoms with Gasteiger partial charge >= 0.3 is 5.97 Å². The first-order valence-corrected chi connectivity index (χ1v) is 7.62. The summed E-state index contributed by atoms with van der Waals surface area (Å²) in [6, 6.07) is 0. The van der Waals surface area contributed by atoms with Crippen molar-refractivity contribution in [3.05, 3.63) is 0 Å². The molecule has 0 saturated heterocycles. The fourth-order valence-electron chi connectivity index (χ4n) is 1.55. The van der Waals surface area contributed by atoms with Gasteiger partial charge in [-0.05, 0) is 20.5 Å². The van der Waals surface area contributed by atoms with Crippen LogP contribution in [-0.4, -0.2) is 64.5 Å². The van der Waals surface area contributed by atoms with Crippen LogP contribution in [0.15, 0.2) is 0 Å². The summed E-state index contributed by atoms with van der Waals surface area (Å²) in [5.74, 6) is -0.119. The third-order valence-electron chi connectivity index (χ3n) is 2.78. The summed E-state index contributed by atoms with van der Waals surface area (Å²) in [7, 11) is 4.02. The quantitative estimate of drug-likeness (QED) is 0.362. The maximum atomic E-state index is 11.3. The molecule has 0 aromatic heterocycles. The van der Waals surface area contributed by atoms with Crippen molar-refractivity contribution >= 4 is 5.97 Å². The SMILES string of the molecule is CCCCCCC(=O)OCCOCCOCCN(C)C. The number of carbonyl (C=O) groups excluding carboxylic acids is 1. The Labute approximate surface area is 123 Å². The van der Waals surface area contributed by atoms with Crippen LogP contribution in [0.4, 0.5) is 0 Å². The monoisotopic (exact) mass is 289 g/mol. The molecule has 0 fully saturated rings. The molecule has 0 bridgehead atoms. The molecule has 0 aromatic rings. The smallest absolute Gasteiger partial charge is 0.305 e. The van der Waals surface area contributed by atoms with Gasteiger partial charge in [-0.15, -0.1) is 0 Å². The van der Waals surface area contributed by atoms with E-state index in [0.29, 0.717) is 39.5 Å². The Morgan fingerprint density at radius 2 is 1.55 bits per heavy atom. The topological polar surface area (TPSA) is 48.0 Å². The van der Waals surface area contributed by atoms with Gasteiger partial charge < -0.3 is 19.1 Å². The minimum atomic E-state index is -0.119. The first-order chi connectivity index (χ1) is 9.66. The molecule has 0 atom stereocenters. The van der Waals surface area contributed by atoms with Crippen LogP contribution in [0, 0.1) is 0 Å². The lowest BCUT2D eigenvalue weighted by molar-refractivity contribution is -0.145. The van der Waals surface area contributed by atoms with E-state index < -0.39 is 0 Å². The summed E-state index contributed by atoms with van der Waals surface area (Å²) in [4.78, 5) is 13.4. The van der Waals surface area contributed by atoms with Crippen molar-refractivity contribution in [2.24, 2.45) is 0 Å². The molecule has 0 radical (unpaired) electrons. The fourth-order valence-corrected chi connectivity index (χ4v) is 1.55. The number of hydrogen-bond donors (Lipinski definition) is 0. The van der Waals surface area contributed by atoms with Crippen molar-refractivity contribution in [1.82, 2.24) is 4.90 Å². The van der Waals surface area contributed by atoms with Crippen molar-refractivity contribution in [2.45, 2.75) is 39.0 Å². The highest BCUT2D eigenvalue weighted by atomic mass is 16.6. The van der Waals surface area contributed by atoms with Crippen molar-refractivity contribution in [2.75, 3.05) is 53.7 Å². The highest BCUT2D eigenvalue weighted by Gasteiger charge is 2.01. The second-order valence-electron chi connectivity index (χ2n) is 5.06. The van der Waals surface area contributed by atoms with Crippen LogP contribution in [-0.2, 0) is 19.0 Å². The molecule has 0 aliphatic heterocycles. The minimum Gasteiger partial charge on any atom is -0.463 e. The van der Waals surface area contributed by atoms with Crippen molar-refractivity contribution in [1.29, 1.82) is 0 Å². The fraction of sp³-hybridized carbons (Fsp3) is 0.933. The van der Waals surface area contributed by atoms with Gasteiger partial charge in [0.2, 0.25) is 0 Å². The van der Waals surface area contributed by atoms with E-state index in [0.717, 1.165) is 19.4 Å². The first kappa shape index (κ1) is 19.4. The van der Waals surface area contributed by atoms with Crippen LogP contribution in [0.25, 0.3) is 0 Å².